The van der Waals surface area contributed by atoms with Gasteiger partial charge in [-0.15, -0.1) is 0 Å². The van der Waals surface area contributed by atoms with Crippen LogP contribution in [-0.2, 0) is 6.54 Å². The molecule has 0 fully saturated rings. The van der Waals surface area contributed by atoms with Crippen LogP contribution in [-0.4, -0.2) is 4.90 Å². The summed E-state index contributed by atoms with van der Waals surface area (Å²) >= 11 is 2.44. The Bertz CT molecular complexity index is 740. The van der Waals surface area contributed by atoms with Crippen LogP contribution in [0.2, 0.25) is 0 Å². The van der Waals surface area contributed by atoms with Gasteiger partial charge in [0.05, 0.1) is 0 Å². The molecule has 2 unspecified atom stereocenters. The molecule has 2 heteroatoms. The summed E-state index contributed by atoms with van der Waals surface area (Å²) in [7, 11) is 0. The average molecular weight is 441 g/mol. The van der Waals surface area contributed by atoms with Crippen molar-refractivity contribution in [2.45, 2.75) is 32.5 Å². The predicted octanol–water partition coefficient (Wildman–Crippen LogP) is 6.62. The highest BCUT2D eigenvalue weighted by atomic mass is 127. The van der Waals surface area contributed by atoms with E-state index >= 15 is 0 Å². The third kappa shape index (κ3) is 4.50. The monoisotopic (exact) mass is 441 g/mol. The number of hydrogen-bond acceptors (Lipinski definition) is 1. The van der Waals surface area contributed by atoms with Crippen molar-refractivity contribution < 1.29 is 0 Å². The first-order valence-electron chi connectivity index (χ1n) is 8.76. The van der Waals surface area contributed by atoms with Gasteiger partial charge >= 0.3 is 0 Å². The average Bonchev–Trinajstić information content (AvgIpc) is 2.68. The quantitative estimate of drug-likeness (QED) is 0.389. The summed E-state index contributed by atoms with van der Waals surface area (Å²) in [5.74, 6) is 0. The fraction of sp³-hybridized carbons (Fsp3) is 0.217. The molecule has 0 aromatic heterocycles. The van der Waals surface area contributed by atoms with Gasteiger partial charge in [0.15, 0.2) is 0 Å². The van der Waals surface area contributed by atoms with Crippen molar-refractivity contribution in [1.29, 1.82) is 0 Å². The maximum absolute atomic E-state index is 2.59. The summed E-state index contributed by atoms with van der Waals surface area (Å²) in [6.45, 7) is 5.56. The first-order valence-corrected chi connectivity index (χ1v) is 9.83. The minimum Gasteiger partial charge on any atom is -0.286 e. The van der Waals surface area contributed by atoms with Crippen molar-refractivity contribution in [3.8, 4) is 0 Å². The molecule has 0 amide bonds. The predicted molar refractivity (Wildman–Crippen MR) is 114 cm³/mol. The molecule has 3 rings (SSSR count). The van der Waals surface area contributed by atoms with Gasteiger partial charge in [0.1, 0.15) is 0 Å². The highest BCUT2D eigenvalue weighted by Gasteiger charge is 2.23. The van der Waals surface area contributed by atoms with Crippen molar-refractivity contribution >= 4 is 22.6 Å². The Labute approximate surface area is 164 Å². The minimum absolute atomic E-state index is 0.340. The molecule has 0 spiro atoms. The van der Waals surface area contributed by atoms with E-state index in [-0.39, 0.29) is 0 Å². The molecule has 0 bridgehead atoms. The van der Waals surface area contributed by atoms with Gasteiger partial charge in [-0.05, 0) is 59.2 Å². The SMILES string of the molecule is CC(c1ccccc1)N(Cc1ccccc1I)C(C)c1ccccc1. The highest BCUT2D eigenvalue weighted by Crippen LogP contribution is 2.32. The molecule has 25 heavy (non-hydrogen) atoms. The maximum atomic E-state index is 2.59. The Hall–Kier alpha value is -1.65. The molecular weight excluding hydrogens is 417 g/mol. The van der Waals surface area contributed by atoms with Gasteiger partial charge in [-0.1, -0.05) is 78.9 Å². The van der Waals surface area contributed by atoms with Crippen molar-refractivity contribution in [1.82, 2.24) is 4.90 Å². The zero-order valence-electron chi connectivity index (χ0n) is 14.8. The Morgan fingerprint density at radius 3 is 1.60 bits per heavy atom. The normalized spacial score (nSPS) is 13.6. The van der Waals surface area contributed by atoms with Crippen LogP contribution in [0.5, 0.6) is 0 Å². The molecule has 0 saturated carbocycles. The number of benzene rings is 3. The summed E-state index contributed by atoms with van der Waals surface area (Å²) in [6.07, 6.45) is 0. The second-order valence-electron chi connectivity index (χ2n) is 6.44. The van der Waals surface area contributed by atoms with Crippen molar-refractivity contribution in [3.63, 3.8) is 0 Å². The molecular formula is C23H24IN. The molecule has 1 nitrogen and oxygen atoms in total. The molecule has 2 atom stereocenters. The second kappa shape index (κ2) is 8.63. The van der Waals surface area contributed by atoms with E-state index in [0.29, 0.717) is 12.1 Å². The van der Waals surface area contributed by atoms with E-state index in [1.807, 2.05) is 0 Å². The molecule has 0 heterocycles. The van der Waals surface area contributed by atoms with Crippen LogP contribution in [0.4, 0.5) is 0 Å². The van der Waals surface area contributed by atoms with Crippen LogP contribution in [0.3, 0.4) is 0 Å². The molecule has 0 radical (unpaired) electrons. The fourth-order valence-electron chi connectivity index (χ4n) is 3.28. The highest BCUT2D eigenvalue weighted by molar-refractivity contribution is 14.1. The molecule has 0 aliphatic rings. The van der Waals surface area contributed by atoms with E-state index in [9.17, 15) is 0 Å². The standard InChI is InChI=1S/C23H24IN/c1-18(20-11-5-3-6-12-20)25(17-22-15-9-10-16-23(22)24)19(2)21-13-7-4-8-14-21/h3-16,18-19H,17H2,1-2H3. The zero-order chi connectivity index (χ0) is 17.6. The van der Waals surface area contributed by atoms with Crippen molar-refractivity contribution in [3.05, 3.63) is 105 Å². The van der Waals surface area contributed by atoms with Crippen LogP contribution in [0.1, 0.15) is 42.6 Å². The summed E-state index contributed by atoms with van der Waals surface area (Å²) in [6, 6.07) is 30.9. The molecule has 0 aliphatic carbocycles. The molecule has 0 saturated heterocycles. The second-order valence-corrected chi connectivity index (χ2v) is 7.60. The summed E-state index contributed by atoms with van der Waals surface area (Å²) < 4.78 is 1.32. The molecule has 0 aliphatic heterocycles. The Morgan fingerprint density at radius 2 is 1.12 bits per heavy atom. The van der Waals surface area contributed by atoms with Crippen molar-refractivity contribution in [2.75, 3.05) is 0 Å². The van der Waals surface area contributed by atoms with E-state index in [1.165, 1.54) is 20.3 Å². The number of hydrogen-bond donors (Lipinski definition) is 0. The van der Waals surface area contributed by atoms with E-state index in [4.69, 9.17) is 0 Å². The van der Waals surface area contributed by atoms with E-state index < -0.39 is 0 Å². The van der Waals surface area contributed by atoms with Gasteiger partial charge in [0, 0.05) is 22.2 Å². The maximum Gasteiger partial charge on any atom is 0.0329 e. The smallest absolute Gasteiger partial charge is 0.0329 e. The Balaban J connectivity index is 1.94. The van der Waals surface area contributed by atoms with Gasteiger partial charge in [-0.25, -0.2) is 0 Å². The lowest BCUT2D eigenvalue weighted by atomic mass is 10.00. The topological polar surface area (TPSA) is 3.24 Å². The first-order chi connectivity index (χ1) is 12.2. The van der Waals surface area contributed by atoms with Crippen LogP contribution >= 0.6 is 22.6 Å². The first kappa shape index (κ1) is 18.2. The zero-order valence-corrected chi connectivity index (χ0v) is 16.9. The van der Waals surface area contributed by atoms with Gasteiger partial charge in [0.25, 0.3) is 0 Å². The van der Waals surface area contributed by atoms with E-state index in [1.54, 1.807) is 0 Å². The molecule has 0 N–H and O–H groups in total. The lowest BCUT2D eigenvalue weighted by Gasteiger charge is -2.35. The molecule has 128 valence electrons. The molecule has 3 aromatic rings. The van der Waals surface area contributed by atoms with E-state index in [2.05, 4.69) is 126 Å². The van der Waals surface area contributed by atoms with Crippen LogP contribution in [0.15, 0.2) is 84.9 Å². The molecule has 3 aromatic carbocycles. The van der Waals surface area contributed by atoms with Gasteiger partial charge in [-0.2, -0.15) is 0 Å². The van der Waals surface area contributed by atoms with Crippen LogP contribution in [0, 0.1) is 3.57 Å². The van der Waals surface area contributed by atoms with E-state index in [0.717, 1.165) is 6.54 Å². The number of nitrogens with zero attached hydrogens (tertiary/aromatic N) is 1. The lowest BCUT2D eigenvalue weighted by molar-refractivity contribution is 0.144. The minimum atomic E-state index is 0.340. The third-order valence-electron chi connectivity index (χ3n) is 4.87. The van der Waals surface area contributed by atoms with Crippen LogP contribution in [0.25, 0.3) is 0 Å². The fourth-order valence-corrected chi connectivity index (χ4v) is 3.84. The third-order valence-corrected chi connectivity index (χ3v) is 5.92. The Kier molecular flexibility index (Phi) is 6.27. The van der Waals surface area contributed by atoms with Crippen molar-refractivity contribution in [2.24, 2.45) is 0 Å². The Morgan fingerprint density at radius 1 is 0.680 bits per heavy atom. The number of rotatable bonds is 6. The van der Waals surface area contributed by atoms with Gasteiger partial charge < -0.3 is 0 Å². The van der Waals surface area contributed by atoms with Gasteiger partial charge in [0.2, 0.25) is 0 Å². The van der Waals surface area contributed by atoms with Gasteiger partial charge in [-0.3, -0.25) is 4.90 Å². The van der Waals surface area contributed by atoms with Crippen LogP contribution < -0.4 is 0 Å². The number of halogens is 1. The summed E-state index contributed by atoms with van der Waals surface area (Å²) in [4.78, 5) is 2.59. The summed E-state index contributed by atoms with van der Waals surface area (Å²) in [5, 5.41) is 0. The largest absolute Gasteiger partial charge is 0.286 e. The lowest BCUT2D eigenvalue weighted by Crippen LogP contribution is -2.30. The summed E-state index contributed by atoms with van der Waals surface area (Å²) in [5.41, 5.74) is 4.10.